The van der Waals surface area contributed by atoms with Crippen molar-refractivity contribution < 1.29 is 9.90 Å². The predicted octanol–water partition coefficient (Wildman–Crippen LogP) is 4.91. The van der Waals surface area contributed by atoms with E-state index in [1.807, 2.05) is 49.4 Å². The molecule has 0 amide bonds. The predicted molar refractivity (Wildman–Crippen MR) is 90.6 cm³/mol. The zero-order valence-electron chi connectivity index (χ0n) is 12.0. The van der Waals surface area contributed by atoms with E-state index in [2.05, 4.69) is 20.5 Å². The van der Waals surface area contributed by atoms with Crippen molar-refractivity contribution in [3.05, 3.63) is 76.4 Å². The molecule has 0 aliphatic heterocycles. The highest BCUT2D eigenvalue weighted by atomic mass is 79.9. The summed E-state index contributed by atoms with van der Waals surface area (Å²) in [7, 11) is 0. The molecule has 0 atom stereocenters. The van der Waals surface area contributed by atoms with Crippen LogP contribution in [0.5, 0.6) is 0 Å². The lowest BCUT2D eigenvalue weighted by molar-refractivity contribution is 0.0697. The summed E-state index contributed by atoms with van der Waals surface area (Å²) in [6, 6.07) is 19.1. The fourth-order valence-electron chi connectivity index (χ4n) is 2.51. The van der Waals surface area contributed by atoms with Gasteiger partial charge in [-0.2, -0.15) is 0 Å². The Kier molecular flexibility index (Phi) is 3.86. The summed E-state index contributed by atoms with van der Waals surface area (Å²) in [4.78, 5) is 11.2. The Morgan fingerprint density at radius 3 is 2.45 bits per heavy atom. The Bertz CT molecular complexity index is 835. The molecule has 1 heterocycles. The van der Waals surface area contributed by atoms with Crippen LogP contribution in [0.15, 0.2) is 65.1 Å². The maximum atomic E-state index is 11.2. The average Bonchev–Trinajstić information content (AvgIpc) is 2.90. The van der Waals surface area contributed by atoms with Gasteiger partial charge in [0.25, 0.3) is 0 Å². The SMILES string of the molecule is Cc1ccc(-c2ccc(Br)cc2)n1-c1cccc(C(=O)O)c1. The van der Waals surface area contributed by atoms with E-state index in [0.717, 1.165) is 27.1 Å². The summed E-state index contributed by atoms with van der Waals surface area (Å²) >= 11 is 3.44. The molecule has 1 aromatic heterocycles. The van der Waals surface area contributed by atoms with E-state index < -0.39 is 5.97 Å². The zero-order chi connectivity index (χ0) is 15.7. The summed E-state index contributed by atoms with van der Waals surface area (Å²) in [5.41, 5.74) is 4.30. The van der Waals surface area contributed by atoms with Gasteiger partial charge in [0.2, 0.25) is 0 Å². The lowest BCUT2D eigenvalue weighted by Gasteiger charge is -2.13. The smallest absolute Gasteiger partial charge is 0.335 e. The van der Waals surface area contributed by atoms with Crippen LogP contribution in [0, 0.1) is 6.92 Å². The molecule has 0 radical (unpaired) electrons. The normalized spacial score (nSPS) is 10.6. The van der Waals surface area contributed by atoms with Gasteiger partial charge in [-0.25, -0.2) is 4.79 Å². The van der Waals surface area contributed by atoms with Crippen molar-refractivity contribution in [3.63, 3.8) is 0 Å². The molecule has 2 aromatic carbocycles. The minimum absolute atomic E-state index is 0.285. The van der Waals surface area contributed by atoms with Crippen LogP contribution in [-0.2, 0) is 0 Å². The molecule has 3 nitrogen and oxygen atoms in total. The number of hydrogen-bond donors (Lipinski definition) is 1. The maximum absolute atomic E-state index is 11.2. The van der Waals surface area contributed by atoms with Gasteiger partial charge in [0.1, 0.15) is 0 Å². The first-order valence-corrected chi connectivity index (χ1v) is 7.63. The standard InChI is InChI=1S/C18H14BrNO2/c1-12-5-10-17(13-6-8-15(19)9-7-13)20(12)16-4-2-3-14(11-16)18(21)22/h2-11H,1H3,(H,21,22). The van der Waals surface area contributed by atoms with Gasteiger partial charge in [0, 0.05) is 15.9 Å². The molecule has 0 saturated heterocycles. The highest BCUT2D eigenvalue weighted by Gasteiger charge is 2.11. The van der Waals surface area contributed by atoms with Gasteiger partial charge in [-0.15, -0.1) is 0 Å². The molecule has 0 spiro atoms. The van der Waals surface area contributed by atoms with E-state index in [-0.39, 0.29) is 5.56 Å². The Morgan fingerprint density at radius 2 is 1.77 bits per heavy atom. The molecular weight excluding hydrogens is 342 g/mol. The van der Waals surface area contributed by atoms with Crippen LogP contribution < -0.4 is 0 Å². The lowest BCUT2D eigenvalue weighted by atomic mass is 10.1. The first-order chi connectivity index (χ1) is 10.6. The van der Waals surface area contributed by atoms with Crippen molar-refractivity contribution >= 4 is 21.9 Å². The van der Waals surface area contributed by atoms with Crippen LogP contribution in [0.4, 0.5) is 0 Å². The third-order valence-electron chi connectivity index (χ3n) is 3.57. The molecule has 22 heavy (non-hydrogen) atoms. The van der Waals surface area contributed by atoms with E-state index in [9.17, 15) is 9.90 Å². The third kappa shape index (κ3) is 2.70. The number of carboxylic acid groups (broad SMARTS) is 1. The molecule has 3 aromatic rings. The van der Waals surface area contributed by atoms with E-state index in [1.165, 1.54) is 0 Å². The molecule has 0 aliphatic carbocycles. The second kappa shape index (κ2) is 5.81. The molecule has 0 bridgehead atoms. The average molecular weight is 356 g/mol. The number of nitrogens with zero attached hydrogens (tertiary/aromatic N) is 1. The second-order valence-corrected chi connectivity index (χ2v) is 5.97. The van der Waals surface area contributed by atoms with Crippen LogP contribution in [0.25, 0.3) is 16.9 Å². The number of aryl methyl sites for hydroxylation is 1. The third-order valence-corrected chi connectivity index (χ3v) is 4.10. The number of aromatic carboxylic acids is 1. The number of halogens is 1. The first-order valence-electron chi connectivity index (χ1n) is 6.84. The van der Waals surface area contributed by atoms with Gasteiger partial charge in [-0.3, -0.25) is 0 Å². The number of hydrogen-bond acceptors (Lipinski definition) is 1. The van der Waals surface area contributed by atoms with Crippen LogP contribution >= 0.6 is 15.9 Å². The van der Waals surface area contributed by atoms with Crippen LogP contribution in [0.3, 0.4) is 0 Å². The molecule has 110 valence electrons. The van der Waals surface area contributed by atoms with Crippen molar-refractivity contribution in [2.45, 2.75) is 6.92 Å². The number of aromatic nitrogens is 1. The molecule has 0 unspecified atom stereocenters. The minimum Gasteiger partial charge on any atom is -0.478 e. The molecular formula is C18H14BrNO2. The molecule has 0 saturated carbocycles. The van der Waals surface area contributed by atoms with Crippen LogP contribution in [-0.4, -0.2) is 15.6 Å². The Labute approximate surface area is 137 Å². The molecule has 0 fully saturated rings. The minimum atomic E-state index is -0.920. The molecule has 4 heteroatoms. The first kappa shape index (κ1) is 14.6. The van der Waals surface area contributed by atoms with Crippen molar-refractivity contribution in [1.82, 2.24) is 4.57 Å². The monoisotopic (exact) mass is 355 g/mol. The summed E-state index contributed by atoms with van der Waals surface area (Å²) in [5.74, 6) is -0.920. The Balaban J connectivity index is 2.15. The van der Waals surface area contributed by atoms with Crippen molar-refractivity contribution in [3.8, 4) is 16.9 Å². The number of rotatable bonds is 3. The largest absolute Gasteiger partial charge is 0.478 e. The highest BCUT2D eigenvalue weighted by molar-refractivity contribution is 9.10. The van der Waals surface area contributed by atoms with E-state index in [1.54, 1.807) is 18.2 Å². The fraction of sp³-hybridized carbons (Fsp3) is 0.0556. The summed E-state index contributed by atoms with van der Waals surface area (Å²) < 4.78 is 3.09. The lowest BCUT2D eigenvalue weighted by Crippen LogP contribution is -2.02. The zero-order valence-corrected chi connectivity index (χ0v) is 13.5. The topological polar surface area (TPSA) is 42.2 Å². The highest BCUT2D eigenvalue weighted by Crippen LogP contribution is 2.28. The second-order valence-electron chi connectivity index (χ2n) is 5.06. The van der Waals surface area contributed by atoms with Gasteiger partial charge in [-0.05, 0) is 55.0 Å². The number of benzene rings is 2. The summed E-state index contributed by atoms with van der Waals surface area (Å²) in [6.45, 7) is 2.01. The number of carbonyl (C=O) groups is 1. The van der Waals surface area contributed by atoms with Gasteiger partial charge < -0.3 is 9.67 Å². The maximum Gasteiger partial charge on any atom is 0.335 e. The quantitative estimate of drug-likeness (QED) is 0.724. The molecule has 1 N–H and O–H groups in total. The molecule has 3 rings (SSSR count). The van der Waals surface area contributed by atoms with E-state index >= 15 is 0 Å². The van der Waals surface area contributed by atoms with Crippen molar-refractivity contribution in [1.29, 1.82) is 0 Å². The van der Waals surface area contributed by atoms with Gasteiger partial charge in [-0.1, -0.05) is 34.1 Å². The van der Waals surface area contributed by atoms with Gasteiger partial charge in [0.15, 0.2) is 0 Å². The van der Waals surface area contributed by atoms with Crippen molar-refractivity contribution in [2.24, 2.45) is 0 Å². The van der Waals surface area contributed by atoms with E-state index in [4.69, 9.17) is 0 Å². The van der Waals surface area contributed by atoms with Crippen LogP contribution in [0.2, 0.25) is 0 Å². The summed E-state index contributed by atoms with van der Waals surface area (Å²) in [5, 5.41) is 9.18. The van der Waals surface area contributed by atoms with Crippen LogP contribution in [0.1, 0.15) is 16.1 Å². The van der Waals surface area contributed by atoms with E-state index in [0.29, 0.717) is 0 Å². The molecule has 0 aliphatic rings. The summed E-state index contributed by atoms with van der Waals surface area (Å²) in [6.07, 6.45) is 0. The van der Waals surface area contributed by atoms with Gasteiger partial charge >= 0.3 is 5.97 Å². The number of carboxylic acids is 1. The fourth-order valence-corrected chi connectivity index (χ4v) is 2.77. The Hall–Kier alpha value is -2.33. The van der Waals surface area contributed by atoms with Crippen molar-refractivity contribution in [2.75, 3.05) is 0 Å². The Morgan fingerprint density at radius 1 is 1.05 bits per heavy atom. The van der Waals surface area contributed by atoms with Gasteiger partial charge in [0.05, 0.1) is 11.3 Å².